The topological polar surface area (TPSA) is 55.2 Å². The predicted molar refractivity (Wildman–Crippen MR) is 124 cm³/mol. The van der Waals surface area contributed by atoms with Crippen LogP contribution in [-0.2, 0) is 17.8 Å². The van der Waals surface area contributed by atoms with Crippen LogP contribution in [0.3, 0.4) is 0 Å². The molecule has 0 N–H and O–H groups in total. The van der Waals surface area contributed by atoms with E-state index in [-0.39, 0.29) is 22.5 Å². The molecule has 5 rings (SSSR count). The molecule has 0 spiro atoms. The molecule has 8 heteroatoms. The number of hydrogen-bond donors (Lipinski definition) is 0. The van der Waals surface area contributed by atoms with Gasteiger partial charge in [0.15, 0.2) is 5.16 Å². The molecule has 2 heterocycles. The van der Waals surface area contributed by atoms with Crippen molar-refractivity contribution >= 4 is 28.6 Å². The van der Waals surface area contributed by atoms with Crippen molar-refractivity contribution in [3.8, 4) is 5.69 Å². The molecule has 0 unspecified atom stereocenters. The molecule has 0 radical (unpaired) electrons. The molecule has 1 aliphatic heterocycles. The lowest BCUT2D eigenvalue weighted by Crippen LogP contribution is -2.37. The number of benzene rings is 3. The zero-order valence-corrected chi connectivity index (χ0v) is 18.3. The van der Waals surface area contributed by atoms with Gasteiger partial charge in [-0.3, -0.25) is 14.2 Å². The number of carbonyl (C=O) groups excluding carboxylic acids is 1. The maximum Gasteiger partial charge on any atom is 0.266 e. The van der Waals surface area contributed by atoms with Gasteiger partial charge in [0.1, 0.15) is 11.6 Å². The third-order valence-corrected chi connectivity index (χ3v) is 6.63. The third kappa shape index (κ3) is 4.14. The summed E-state index contributed by atoms with van der Waals surface area (Å²) in [6, 6.07) is 17.8. The van der Waals surface area contributed by atoms with Crippen LogP contribution in [0.15, 0.2) is 76.7 Å². The number of aromatic nitrogens is 2. The Morgan fingerprint density at radius 2 is 1.76 bits per heavy atom. The molecule has 0 bridgehead atoms. The predicted octanol–water partition coefficient (Wildman–Crippen LogP) is 4.34. The Morgan fingerprint density at radius 3 is 2.58 bits per heavy atom. The Kier molecular flexibility index (Phi) is 5.68. The number of thioether (sulfide) groups is 1. The summed E-state index contributed by atoms with van der Waals surface area (Å²) in [5.41, 5.74) is 2.22. The molecule has 1 aromatic heterocycles. The fraction of sp³-hybridized carbons (Fsp3) is 0.160. The molecule has 4 aromatic rings. The average Bonchev–Trinajstić information content (AvgIpc) is 2.83. The quantitative estimate of drug-likeness (QED) is 0.334. The van der Waals surface area contributed by atoms with Gasteiger partial charge in [0, 0.05) is 19.2 Å². The Bertz CT molecular complexity index is 1440. The van der Waals surface area contributed by atoms with Crippen LogP contribution in [0.25, 0.3) is 16.6 Å². The number of halogens is 2. The summed E-state index contributed by atoms with van der Waals surface area (Å²) >= 11 is 1.07. The van der Waals surface area contributed by atoms with Crippen molar-refractivity contribution in [2.75, 3.05) is 12.3 Å². The van der Waals surface area contributed by atoms with E-state index in [0.29, 0.717) is 24.0 Å². The van der Waals surface area contributed by atoms with Crippen molar-refractivity contribution in [2.45, 2.75) is 18.1 Å². The second-order valence-electron chi connectivity index (χ2n) is 7.77. The number of rotatable bonds is 4. The monoisotopic (exact) mass is 463 g/mol. The molecule has 1 amide bonds. The van der Waals surface area contributed by atoms with Crippen molar-refractivity contribution in [1.82, 2.24) is 14.5 Å². The van der Waals surface area contributed by atoms with Crippen molar-refractivity contribution in [3.63, 3.8) is 0 Å². The first-order valence-corrected chi connectivity index (χ1v) is 11.4. The van der Waals surface area contributed by atoms with Crippen molar-refractivity contribution in [1.29, 1.82) is 0 Å². The van der Waals surface area contributed by atoms with Crippen LogP contribution in [0.5, 0.6) is 0 Å². The Balaban J connectivity index is 1.47. The van der Waals surface area contributed by atoms with Crippen LogP contribution in [-0.4, -0.2) is 32.7 Å². The van der Waals surface area contributed by atoms with Crippen molar-refractivity contribution in [3.05, 3.63) is 99.8 Å². The van der Waals surface area contributed by atoms with Gasteiger partial charge in [0.2, 0.25) is 5.91 Å². The number of nitrogens with zero attached hydrogens (tertiary/aromatic N) is 3. The van der Waals surface area contributed by atoms with Gasteiger partial charge in [-0.1, -0.05) is 48.2 Å². The van der Waals surface area contributed by atoms with Gasteiger partial charge in [-0.2, -0.15) is 0 Å². The standard InChI is InChI=1S/C25H19F2N3O2S/c26-18-9-10-22(20(27)13-18)30-24(32)19-7-3-4-8-21(19)28-25(30)33-15-23(31)29-12-11-16-5-1-2-6-17(16)14-29/h1-10,13H,11-12,14-15H2. The van der Waals surface area contributed by atoms with E-state index in [0.717, 1.165) is 40.4 Å². The molecule has 33 heavy (non-hydrogen) atoms. The fourth-order valence-electron chi connectivity index (χ4n) is 4.01. The number of amides is 1. The van der Waals surface area contributed by atoms with Gasteiger partial charge < -0.3 is 4.90 Å². The highest BCUT2D eigenvalue weighted by Crippen LogP contribution is 2.25. The summed E-state index contributed by atoms with van der Waals surface area (Å²) in [7, 11) is 0. The molecule has 0 saturated heterocycles. The van der Waals surface area contributed by atoms with E-state index in [1.165, 1.54) is 11.6 Å². The normalized spacial score (nSPS) is 13.2. The molecule has 0 fully saturated rings. The highest BCUT2D eigenvalue weighted by molar-refractivity contribution is 7.99. The van der Waals surface area contributed by atoms with Crippen molar-refractivity contribution in [2.24, 2.45) is 0 Å². The second kappa shape index (κ2) is 8.78. The molecule has 0 atom stereocenters. The summed E-state index contributed by atoms with van der Waals surface area (Å²) in [5.74, 6) is -1.68. The molecule has 0 saturated carbocycles. The summed E-state index contributed by atoms with van der Waals surface area (Å²) in [6.07, 6.45) is 0.784. The number of hydrogen-bond acceptors (Lipinski definition) is 4. The third-order valence-electron chi connectivity index (χ3n) is 5.70. The van der Waals surface area contributed by atoms with Gasteiger partial charge in [-0.25, -0.2) is 13.8 Å². The molecule has 1 aliphatic rings. The highest BCUT2D eigenvalue weighted by Gasteiger charge is 2.22. The lowest BCUT2D eigenvalue weighted by Gasteiger charge is -2.28. The van der Waals surface area contributed by atoms with Gasteiger partial charge >= 0.3 is 0 Å². The van der Waals surface area contributed by atoms with Crippen LogP contribution < -0.4 is 5.56 Å². The molecule has 166 valence electrons. The molecule has 3 aromatic carbocycles. The molecule has 5 nitrogen and oxygen atoms in total. The van der Waals surface area contributed by atoms with Crippen LogP contribution in [0.1, 0.15) is 11.1 Å². The summed E-state index contributed by atoms with van der Waals surface area (Å²) in [6.45, 7) is 1.14. The van der Waals surface area contributed by atoms with E-state index in [9.17, 15) is 18.4 Å². The van der Waals surface area contributed by atoms with Gasteiger partial charge in [-0.05, 0) is 41.8 Å². The number of para-hydroxylation sites is 1. The number of fused-ring (bicyclic) bond motifs is 2. The number of carbonyl (C=O) groups is 1. The first-order valence-electron chi connectivity index (χ1n) is 10.5. The van der Waals surface area contributed by atoms with E-state index >= 15 is 0 Å². The van der Waals surface area contributed by atoms with E-state index in [4.69, 9.17) is 0 Å². The van der Waals surface area contributed by atoms with Crippen molar-refractivity contribution < 1.29 is 13.6 Å². The Morgan fingerprint density at radius 1 is 1.00 bits per heavy atom. The minimum atomic E-state index is -0.880. The maximum atomic E-state index is 14.6. The van der Waals surface area contributed by atoms with Gasteiger partial charge in [0.05, 0.1) is 22.3 Å². The Labute approximate surface area is 192 Å². The zero-order chi connectivity index (χ0) is 22.9. The lowest BCUT2D eigenvalue weighted by atomic mass is 10.00. The van der Waals surface area contributed by atoms with E-state index in [2.05, 4.69) is 11.1 Å². The summed E-state index contributed by atoms with van der Waals surface area (Å²) < 4.78 is 29.2. The largest absolute Gasteiger partial charge is 0.337 e. The first-order chi connectivity index (χ1) is 16.0. The highest BCUT2D eigenvalue weighted by atomic mass is 32.2. The first kappa shape index (κ1) is 21.3. The smallest absolute Gasteiger partial charge is 0.266 e. The maximum absolute atomic E-state index is 14.6. The minimum Gasteiger partial charge on any atom is -0.337 e. The molecular weight excluding hydrogens is 444 g/mol. The van der Waals surface area contributed by atoms with Crippen LogP contribution in [0.4, 0.5) is 8.78 Å². The average molecular weight is 464 g/mol. The lowest BCUT2D eigenvalue weighted by molar-refractivity contribution is -0.129. The van der Waals surface area contributed by atoms with Gasteiger partial charge in [-0.15, -0.1) is 0 Å². The fourth-order valence-corrected chi connectivity index (χ4v) is 4.92. The second-order valence-corrected chi connectivity index (χ2v) is 8.71. The van der Waals surface area contributed by atoms with E-state index < -0.39 is 17.2 Å². The van der Waals surface area contributed by atoms with E-state index in [1.54, 1.807) is 29.2 Å². The summed E-state index contributed by atoms with van der Waals surface area (Å²) in [4.78, 5) is 32.5. The molecular formula is C25H19F2N3O2S. The molecule has 0 aliphatic carbocycles. The van der Waals surface area contributed by atoms with E-state index in [1.807, 2.05) is 18.2 Å². The zero-order valence-electron chi connectivity index (χ0n) is 17.5. The van der Waals surface area contributed by atoms with Gasteiger partial charge in [0.25, 0.3) is 5.56 Å². The SMILES string of the molecule is O=C(CSc1nc2ccccc2c(=O)n1-c1ccc(F)cc1F)N1CCc2ccccc2C1. The summed E-state index contributed by atoms with van der Waals surface area (Å²) in [5, 5.41) is 0.486. The van der Waals surface area contributed by atoms with Crippen LogP contribution in [0.2, 0.25) is 0 Å². The Hall–Kier alpha value is -3.52. The minimum absolute atomic E-state index is 0.0375. The van der Waals surface area contributed by atoms with Crippen LogP contribution in [0, 0.1) is 11.6 Å². The van der Waals surface area contributed by atoms with Crippen LogP contribution >= 0.6 is 11.8 Å².